The van der Waals surface area contributed by atoms with Crippen molar-refractivity contribution in [2.24, 2.45) is 5.92 Å². The second kappa shape index (κ2) is 8.44. The predicted molar refractivity (Wildman–Crippen MR) is 120 cm³/mol. The van der Waals surface area contributed by atoms with Gasteiger partial charge in [-0.05, 0) is 48.8 Å². The van der Waals surface area contributed by atoms with Gasteiger partial charge in [0.25, 0.3) is 0 Å². The lowest BCUT2D eigenvalue weighted by atomic mass is 9.86. The van der Waals surface area contributed by atoms with Gasteiger partial charge in [0.2, 0.25) is 5.91 Å². The molecule has 0 spiro atoms. The van der Waals surface area contributed by atoms with Crippen LogP contribution < -0.4 is 0 Å². The van der Waals surface area contributed by atoms with E-state index in [1.54, 1.807) is 0 Å². The third-order valence-electron chi connectivity index (χ3n) is 6.55. The summed E-state index contributed by atoms with van der Waals surface area (Å²) in [7, 11) is 0. The lowest BCUT2D eigenvalue weighted by Crippen LogP contribution is -2.38. The number of nitrogens with one attached hydrogen (secondary N) is 1. The molecule has 2 aromatic carbocycles. The van der Waals surface area contributed by atoms with Crippen LogP contribution in [0.2, 0.25) is 0 Å². The maximum atomic E-state index is 13.2. The Kier molecular flexibility index (Phi) is 5.75. The molecular weight excluding hydrogens is 356 g/mol. The van der Waals surface area contributed by atoms with Crippen LogP contribution >= 0.6 is 0 Å². The molecule has 0 aliphatic carbocycles. The number of amides is 1. The molecule has 1 aromatic heterocycles. The Morgan fingerprint density at radius 2 is 1.93 bits per heavy atom. The molecule has 0 saturated carbocycles. The van der Waals surface area contributed by atoms with Gasteiger partial charge in [0.1, 0.15) is 0 Å². The second-order valence-electron chi connectivity index (χ2n) is 8.67. The van der Waals surface area contributed by atoms with E-state index in [9.17, 15) is 4.79 Å². The van der Waals surface area contributed by atoms with Crippen molar-refractivity contribution >= 4 is 16.8 Å². The summed E-state index contributed by atoms with van der Waals surface area (Å²) in [6.45, 7) is 8.39. The minimum atomic E-state index is 0.0719. The minimum absolute atomic E-state index is 0.0719. The number of aryl methyl sites for hydroxylation is 2. The van der Waals surface area contributed by atoms with E-state index in [1.807, 2.05) is 0 Å². The quantitative estimate of drug-likeness (QED) is 0.587. The van der Waals surface area contributed by atoms with Crippen LogP contribution in [-0.4, -0.2) is 28.9 Å². The van der Waals surface area contributed by atoms with E-state index in [2.05, 4.69) is 79.3 Å². The number of aromatic amines is 1. The third-order valence-corrected chi connectivity index (χ3v) is 6.55. The molecule has 1 N–H and O–H groups in total. The van der Waals surface area contributed by atoms with E-state index in [0.29, 0.717) is 6.42 Å². The molecule has 1 aliphatic heterocycles. The lowest BCUT2D eigenvalue weighted by molar-refractivity contribution is -0.132. The van der Waals surface area contributed by atoms with Crippen LogP contribution in [-0.2, 0) is 11.2 Å². The monoisotopic (exact) mass is 388 g/mol. The molecule has 3 heteroatoms. The summed E-state index contributed by atoms with van der Waals surface area (Å²) < 4.78 is 0. The highest BCUT2D eigenvalue weighted by Gasteiger charge is 2.26. The Bertz CT molecular complexity index is 995. The SMILES string of the molecule is CCc1cccc2c(C(CC(=O)N3CCC(C)CC3)c3cccc(C)c3)c[nH]c12. The first-order valence-electron chi connectivity index (χ1n) is 11.0. The van der Waals surface area contributed by atoms with Crippen molar-refractivity contribution < 1.29 is 4.79 Å². The van der Waals surface area contributed by atoms with Gasteiger partial charge in [-0.25, -0.2) is 0 Å². The Morgan fingerprint density at radius 3 is 2.66 bits per heavy atom. The maximum absolute atomic E-state index is 13.2. The molecule has 1 atom stereocenters. The summed E-state index contributed by atoms with van der Waals surface area (Å²) in [5, 5.41) is 1.25. The first kappa shape index (κ1) is 19.8. The van der Waals surface area contributed by atoms with Crippen molar-refractivity contribution in [2.75, 3.05) is 13.1 Å². The van der Waals surface area contributed by atoms with Crippen molar-refractivity contribution in [3.05, 3.63) is 70.9 Å². The molecule has 1 aliphatic rings. The van der Waals surface area contributed by atoms with Crippen molar-refractivity contribution in [2.45, 2.75) is 52.4 Å². The molecule has 2 heterocycles. The average Bonchev–Trinajstić information content (AvgIpc) is 3.16. The molecule has 1 unspecified atom stereocenters. The first-order chi connectivity index (χ1) is 14.1. The number of fused-ring (bicyclic) bond motifs is 1. The standard InChI is InChI=1S/C26H32N2O/c1-4-20-8-6-10-22-24(17-27-26(20)22)23(21-9-5-7-19(3)15-21)16-25(29)28-13-11-18(2)12-14-28/h5-10,15,17-18,23,27H,4,11-14,16H2,1-3H3. The number of hydrogen-bond donors (Lipinski definition) is 1. The molecule has 1 saturated heterocycles. The van der Waals surface area contributed by atoms with Gasteiger partial charge < -0.3 is 9.88 Å². The highest BCUT2D eigenvalue weighted by Crippen LogP contribution is 2.35. The third kappa shape index (κ3) is 4.10. The van der Waals surface area contributed by atoms with E-state index < -0.39 is 0 Å². The van der Waals surface area contributed by atoms with Crippen molar-refractivity contribution in [3.8, 4) is 0 Å². The van der Waals surface area contributed by atoms with Crippen LogP contribution in [0.25, 0.3) is 10.9 Å². The van der Waals surface area contributed by atoms with Gasteiger partial charge in [0.05, 0.1) is 0 Å². The Balaban J connectivity index is 1.71. The zero-order chi connectivity index (χ0) is 20.4. The number of benzene rings is 2. The number of hydrogen-bond acceptors (Lipinski definition) is 1. The topological polar surface area (TPSA) is 36.1 Å². The van der Waals surface area contributed by atoms with E-state index in [0.717, 1.165) is 38.3 Å². The van der Waals surface area contributed by atoms with Crippen LogP contribution in [0, 0.1) is 12.8 Å². The fraction of sp³-hybridized carbons (Fsp3) is 0.423. The number of piperidine rings is 1. The van der Waals surface area contributed by atoms with E-state index in [-0.39, 0.29) is 11.8 Å². The molecule has 29 heavy (non-hydrogen) atoms. The number of H-pyrrole nitrogens is 1. The van der Waals surface area contributed by atoms with Crippen molar-refractivity contribution in [1.29, 1.82) is 0 Å². The number of likely N-dealkylation sites (tertiary alicyclic amines) is 1. The average molecular weight is 389 g/mol. The largest absolute Gasteiger partial charge is 0.361 e. The highest BCUT2D eigenvalue weighted by atomic mass is 16.2. The van der Waals surface area contributed by atoms with Crippen LogP contribution in [0.4, 0.5) is 0 Å². The number of para-hydroxylation sites is 1. The predicted octanol–water partition coefficient (Wildman–Crippen LogP) is 5.82. The molecule has 3 nitrogen and oxygen atoms in total. The molecular formula is C26H32N2O. The maximum Gasteiger partial charge on any atom is 0.223 e. The van der Waals surface area contributed by atoms with Gasteiger partial charge in [0.15, 0.2) is 0 Å². The molecule has 4 rings (SSSR count). The van der Waals surface area contributed by atoms with E-state index >= 15 is 0 Å². The zero-order valence-corrected chi connectivity index (χ0v) is 17.9. The molecule has 152 valence electrons. The Labute approximate surface area is 174 Å². The van der Waals surface area contributed by atoms with Gasteiger partial charge in [-0.3, -0.25) is 4.79 Å². The number of carbonyl (C=O) groups excluding carboxylic acids is 1. The number of carbonyl (C=O) groups is 1. The second-order valence-corrected chi connectivity index (χ2v) is 8.67. The Hall–Kier alpha value is -2.55. The van der Waals surface area contributed by atoms with Crippen LogP contribution in [0.15, 0.2) is 48.7 Å². The van der Waals surface area contributed by atoms with Gasteiger partial charge in [-0.15, -0.1) is 0 Å². The Morgan fingerprint density at radius 1 is 1.17 bits per heavy atom. The van der Waals surface area contributed by atoms with E-state index in [4.69, 9.17) is 0 Å². The van der Waals surface area contributed by atoms with Crippen molar-refractivity contribution in [3.63, 3.8) is 0 Å². The lowest BCUT2D eigenvalue weighted by Gasteiger charge is -2.31. The molecule has 0 radical (unpaired) electrons. The molecule has 1 amide bonds. The number of aromatic nitrogens is 1. The van der Waals surface area contributed by atoms with Gasteiger partial charge in [0, 0.05) is 42.5 Å². The fourth-order valence-corrected chi connectivity index (χ4v) is 4.68. The highest BCUT2D eigenvalue weighted by molar-refractivity contribution is 5.88. The van der Waals surface area contributed by atoms with Crippen LogP contribution in [0.3, 0.4) is 0 Å². The smallest absolute Gasteiger partial charge is 0.223 e. The number of nitrogens with zero attached hydrogens (tertiary/aromatic N) is 1. The van der Waals surface area contributed by atoms with Gasteiger partial charge in [-0.2, -0.15) is 0 Å². The normalized spacial score (nSPS) is 16.3. The summed E-state index contributed by atoms with van der Waals surface area (Å²) in [5.74, 6) is 1.08. The minimum Gasteiger partial charge on any atom is -0.361 e. The van der Waals surface area contributed by atoms with Crippen molar-refractivity contribution in [1.82, 2.24) is 9.88 Å². The van der Waals surface area contributed by atoms with Crippen LogP contribution in [0.5, 0.6) is 0 Å². The first-order valence-corrected chi connectivity index (χ1v) is 11.0. The molecule has 1 fully saturated rings. The van der Waals surface area contributed by atoms with Gasteiger partial charge >= 0.3 is 0 Å². The number of rotatable bonds is 5. The summed E-state index contributed by atoms with van der Waals surface area (Å²) >= 11 is 0. The summed E-state index contributed by atoms with van der Waals surface area (Å²) in [4.78, 5) is 18.8. The van der Waals surface area contributed by atoms with E-state index in [1.165, 1.54) is 33.2 Å². The van der Waals surface area contributed by atoms with Crippen LogP contribution in [0.1, 0.15) is 61.3 Å². The zero-order valence-electron chi connectivity index (χ0n) is 17.9. The van der Waals surface area contributed by atoms with Gasteiger partial charge in [-0.1, -0.05) is 61.9 Å². The molecule has 3 aromatic rings. The fourth-order valence-electron chi connectivity index (χ4n) is 4.68. The summed E-state index contributed by atoms with van der Waals surface area (Å²) in [6.07, 6.45) is 5.89. The molecule has 0 bridgehead atoms. The summed E-state index contributed by atoms with van der Waals surface area (Å²) in [5.41, 5.74) is 6.24. The summed E-state index contributed by atoms with van der Waals surface area (Å²) in [6, 6.07) is 15.2.